The molecule has 0 spiro atoms. The molecular formula is C13H20N2O3. The number of ether oxygens (including phenoxy) is 2. The number of methoxy groups -OCH3 is 2. The minimum Gasteiger partial charge on any atom is -0.497 e. The fourth-order valence-corrected chi connectivity index (χ4v) is 1.62. The molecule has 0 aliphatic rings. The van der Waals surface area contributed by atoms with Crippen molar-refractivity contribution in [2.75, 3.05) is 27.8 Å². The van der Waals surface area contributed by atoms with Crippen molar-refractivity contribution in [2.45, 2.75) is 13.0 Å². The molecule has 0 saturated heterocycles. The summed E-state index contributed by atoms with van der Waals surface area (Å²) in [5, 5.41) is 5.69. The summed E-state index contributed by atoms with van der Waals surface area (Å²) in [7, 11) is 4.84. The molecule has 5 heteroatoms. The van der Waals surface area contributed by atoms with Crippen molar-refractivity contribution in [3.63, 3.8) is 0 Å². The van der Waals surface area contributed by atoms with Crippen LogP contribution < -0.4 is 20.1 Å². The van der Waals surface area contributed by atoms with E-state index < -0.39 is 0 Å². The average Bonchev–Trinajstić information content (AvgIpc) is 2.43. The van der Waals surface area contributed by atoms with Crippen LogP contribution in [0.15, 0.2) is 18.2 Å². The lowest BCUT2D eigenvalue weighted by molar-refractivity contribution is -0.119. The van der Waals surface area contributed by atoms with Crippen molar-refractivity contribution in [2.24, 2.45) is 0 Å². The molecule has 0 aliphatic carbocycles. The average molecular weight is 252 g/mol. The quantitative estimate of drug-likeness (QED) is 0.796. The van der Waals surface area contributed by atoms with Crippen molar-refractivity contribution >= 4 is 5.91 Å². The van der Waals surface area contributed by atoms with Gasteiger partial charge in [0.1, 0.15) is 11.5 Å². The van der Waals surface area contributed by atoms with E-state index in [9.17, 15) is 4.79 Å². The van der Waals surface area contributed by atoms with Gasteiger partial charge in [-0.15, -0.1) is 0 Å². The normalized spacial score (nSPS) is 11.8. The van der Waals surface area contributed by atoms with E-state index >= 15 is 0 Å². The molecule has 18 heavy (non-hydrogen) atoms. The molecule has 0 bridgehead atoms. The molecule has 0 fully saturated rings. The van der Waals surface area contributed by atoms with E-state index in [0.29, 0.717) is 0 Å². The van der Waals surface area contributed by atoms with Gasteiger partial charge in [0.05, 0.1) is 20.8 Å². The Hall–Kier alpha value is -1.75. The fourth-order valence-electron chi connectivity index (χ4n) is 1.62. The zero-order valence-electron chi connectivity index (χ0n) is 11.2. The molecule has 0 aliphatic heterocycles. The molecule has 1 aromatic carbocycles. The van der Waals surface area contributed by atoms with Crippen LogP contribution in [0, 0.1) is 0 Å². The Morgan fingerprint density at radius 1 is 1.33 bits per heavy atom. The van der Waals surface area contributed by atoms with E-state index in [1.807, 2.05) is 25.1 Å². The highest BCUT2D eigenvalue weighted by molar-refractivity contribution is 5.77. The van der Waals surface area contributed by atoms with E-state index in [0.717, 1.165) is 17.1 Å². The van der Waals surface area contributed by atoms with Crippen LogP contribution in [0.4, 0.5) is 0 Å². The van der Waals surface area contributed by atoms with Crippen molar-refractivity contribution in [1.82, 2.24) is 10.6 Å². The van der Waals surface area contributed by atoms with Gasteiger partial charge in [-0.3, -0.25) is 4.79 Å². The van der Waals surface area contributed by atoms with Crippen molar-refractivity contribution in [3.8, 4) is 11.5 Å². The third kappa shape index (κ3) is 3.63. The largest absolute Gasteiger partial charge is 0.497 e. The topological polar surface area (TPSA) is 59.6 Å². The number of hydrogen-bond donors (Lipinski definition) is 2. The van der Waals surface area contributed by atoms with E-state index in [1.54, 1.807) is 21.3 Å². The Bertz CT molecular complexity index is 407. The summed E-state index contributed by atoms with van der Waals surface area (Å²) in [5.74, 6) is 1.44. The molecule has 1 unspecified atom stereocenters. The highest BCUT2D eigenvalue weighted by Gasteiger charge is 2.12. The first kappa shape index (κ1) is 14.3. The summed E-state index contributed by atoms with van der Waals surface area (Å²) in [6, 6.07) is 5.64. The molecule has 1 rings (SSSR count). The van der Waals surface area contributed by atoms with Gasteiger partial charge in [-0.05, 0) is 13.0 Å². The van der Waals surface area contributed by atoms with E-state index in [-0.39, 0.29) is 18.5 Å². The lowest BCUT2D eigenvalue weighted by atomic mass is 10.1. The molecule has 2 N–H and O–H groups in total. The van der Waals surface area contributed by atoms with Crippen LogP contribution in [0.5, 0.6) is 11.5 Å². The maximum absolute atomic E-state index is 11.2. The number of benzene rings is 1. The number of carbonyl (C=O) groups is 1. The van der Waals surface area contributed by atoms with Gasteiger partial charge in [0.25, 0.3) is 0 Å². The summed E-state index contributed by atoms with van der Waals surface area (Å²) in [5.41, 5.74) is 0.988. The maximum Gasteiger partial charge on any atom is 0.233 e. The lowest BCUT2D eigenvalue weighted by Gasteiger charge is -2.17. The number of nitrogens with one attached hydrogen (secondary N) is 2. The highest BCUT2D eigenvalue weighted by atomic mass is 16.5. The summed E-state index contributed by atoms with van der Waals surface area (Å²) in [6.07, 6.45) is 0. The first-order chi connectivity index (χ1) is 8.62. The number of likely N-dealkylation sites (N-methyl/N-ethyl adjacent to an activating group) is 1. The smallest absolute Gasteiger partial charge is 0.233 e. The standard InChI is InChI=1S/C13H20N2O3/c1-9(15-8-13(16)14-2)11-6-5-10(17-3)7-12(11)18-4/h5-7,9,15H,8H2,1-4H3,(H,14,16). The zero-order valence-corrected chi connectivity index (χ0v) is 11.2. The number of carbonyl (C=O) groups excluding carboxylic acids is 1. The number of amides is 1. The van der Waals surface area contributed by atoms with Crippen LogP contribution >= 0.6 is 0 Å². The first-order valence-corrected chi connectivity index (χ1v) is 5.78. The molecule has 0 aromatic heterocycles. The molecule has 5 nitrogen and oxygen atoms in total. The van der Waals surface area contributed by atoms with Crippen molar-refractivity contribution in [3.05, 3.63) is 23.8 Å². The van der Waals surface area contributed by atoms with Gasteiger partial charge in [-0.25, -0.2) is 0 Å². The summed E-state index contributed by atoms with van der Waals surface area (Å²) >= 11 is 0. The Labute approximate surface area is 107 Å². The predicted octanol–water partition coefficient (Wildman–Crippen LogP) is 1.10. The minimum absolute atomic E-state index is 0.0168. The van der Waals surface area contributed by atoms with Gasteiger partial charge in [0.15, 0.2) is 0 Å². The van der Waals surface area contributed by atoms with Gasteiger partial charge >= 0.3 is 0 Å². The molecule has 0 radical (unpaired) electrons. The van der Waals surface area contributed by atoms with E-state index in [2.05, 4.69) is 10.6 Å². The summed E-state index contributed by atoms with van der Waals surface area (Å²) in [6.45, 7) is 2.25. The summed E-state index contributed by atoms with van der Waals surface area (Å²) in [4.78, 5) is 11.2. The van der Waals surface area contributed by atoms with E-state index in [4.69, 9.17) is 9.47 Å². The van der Waals surface area contributed by atoms with Crippen LogP contribution in [-0.2, 0) is 4.79 Å². The number of rotatable bonds is 6. The molecular weight excluding hydrogens is 232 g/mol. The van der Waals surface area contributed by atoms with Gasteiger partial charge in [-0.1, -0.05) is 6.07 Å². The van der Waals surface area contributed by atoms with Gasteiger partial charge in [0, 0.05) is 24.7 Å². The van der Waals surface area contributed by atoms with Crippen molar-refractivity contribution in [1.29, 1.82) is 0 Å². The monoisotopic (exact) mass is 252 g/mol. The molecule has 0 heterocycles. The lowest BCUT2D eigenvalue weighted by Crippen LogP contribution is -2.32. The van der Waals surface area contributed by atoms with Gasteiger partial charge < -0.3 is 20.1 Å². The molecule has 1 amide bonds. The zero-order chi connectivity index (χ0) is 13.5. The third-order valence-corrected chi connectivity index (χ3v) is 2.75. The second kappa shape index (κ2) is 6.86. The summed E-state index contributed by atoms with van der Waals surface area (Å²) < 4.78 is 10.5. The van der Waals surface area contributed by atoms with Crippen LogP contribution in [0.3, 0.4) is 0 Å². The van der Waals surface area contributed by atoms with Crippen molar-refractivity contribution < 1.29 is 14.3 Å². The third-order valence-electron chi connectivity index (χ3n) is 2.75. The minimum atomic E-state index is -0.0469. The predicted molar refractivity (Wildman–Crippen MR) is 70.0 cm³/mol. The Morgan fingerprint density at radius 2 is 2.06 bits per heavy atom. The van der Waals surface area contributed by atoms with Gasteiger partial charge in [0.2, 0.25) is 5.91 Å². The molecule has 1 atom stereocenters. The number of hydrogen-bond acceptors (Lipinski definition) is 4. The Morgan fingerprint density at radius 3 is 2.61 bits per heavy atom. The maximum atomic E-state index is 11.2. The first-order valence-electron chi connectivity index (χ1n) is 5.78. The second-order valence-electron chi connectivity index (χ2n) is 3.88. The van der Waals surface area contributed by atoms with Crippen LogP contribution in [-0.4, -0.2) is 33.7 Å². The molecule has 0 saturated carbocycles. The van der Waals surface area contributed by atoms with Crippen LogP contribution in [0.25, 0.3) is 0 Å². The van der Waals surface area contributed by atoms with Crippen LogP contribution in [0.1, 0.15) is 18.5 Å². The second-order valence-corrected chi connectivity index (χ2v) is 3.88. The Kier molecular flexibility index (Phi) is 5.45. The SMILES string of the molecule is CNC(=O)CNC(C)c1ccc(OC)cc1OC. The Balaban J connectivity index is 2.78. The fraction of sp³-hybridized carbons (Fsp3) is 0.462. The molecule has 100 valence electrons. The highest BCUT2D eigenvalue weighted by Crippen LogP contribution is 2.29. The molecule has 1 aromatic rings. The van der Waals surface area contributed by atoms with E-state index in [1.165, 1.54) is 0 Å². The van der Waals surface area contributed by atoms with Crippen LogP contribution in [0.2, 0.25) is 0 Å². The van der Waals surface area contributed by atoms with Gasteiger partial charge in [-0.2, -0.15) is 0 Å².